The minimum Gasteiger partial charge on any atom is -0.307 e. The third-order valence-corrected chi connectivity index (χ3v) is 8.69. The molecule has 0 saturated carbocycles. The zero-order valence-corrected chi connectivity index (χ0v) is 13.6. The van der Waals surface area contributed by atoms with Crippen molar-refractivity contribution >= 4 is 20.9 Å². The Labute approximate surface area is 106 Å². The first kappa shape index (κ1) is 14.7. The van der Waals surface area contributed by atoms with Crippen LogP contribution in [0, 0.1) is 0 Å². The highest BCUT2D eigenvalue weighted by Gasteiger charge is 2.37. The van der Waals surface area contributed by atoms with E-state index in [4.69, 9.17) is 0 Å². The van der Waals surface area contributed by atoms with Crippen molar-refractivity contribution in [1.82, 2.24) is 0 Å². The zero-order valence-electron chi connectivity index (χ0n) is 11.7. The Balaban J connectivity index is 3.48. The normalized spacial score (nSPS) is 16.4. The minimum atomic E-state index is -2.94. The number of hydrogen-bond acceptors (Lipinski definition) is 1. The van der Waals surface area contributed by atoms with Gasteiger partial charge in [0.15, 0.2) is 15.6 Å². The van der Waals surface area contributed by atoms with Crippen LogP contribution in [0.3, 0.4) is 0 Å². The summed E-state index contributed by atoms with van der Waals surface area (Å²) in [5.74, 6) is 0. The molecular weight excluding hydrogens is 248 g/mol. The molecule has 0 N–H and O–H groups in total. The molecule has 0 aliphatic rings. The van der Waals surface area contributed by atoms with Gasteiger partial charge in [-0.15, -0.1) is 0 Å². The third-order valence-electron chi connectivity index (χ3n) is 2.43. The second-order valence-electron chi connectivity index (χ2n) is 6.33. The van der Waals surface area contributed by atoms with Gasteiger partial charge in [-0.1, -0.05) is 51.1 Å². The van der Waals surface area contributed by atoms with Crippen LogP contribution >= 0.6 is 7.37 Å². The lowest BCUT2D eigenvalue weighted by atomic mass is 10.3. The molecule has 1 nitrogen and oxygen atoms in total. The van der Waals surface area contributed by atoms with E-state index in [1.807, 2.05) is 51.1 Å². The molecule has 0 radical (unpaired) electrons. The molecule has 0 saturated heterocycles. The number of benzene rings is 1. The standard InChI is InChI=1S/C13H23FNPSi/c1-13(2,3)16(14,15-17(4,5)6)12-10-8-7-9-11-12/h7-11H,1-6H3. The van der Waals surface area contributed by atoms with Crippen molar-refractivity contribution in [2.45, 2.75) is 45.6 Å². The van der Waals surface area contributed by atoms with E-state index < -0.39 is 20.8 Å². The van der Waals surface area contributed by atoms with Gasteiger partial charge in [-0.2, -0.15) is 0 Å². The molecule has 1 atom stereocenters. The molecule has 0 bridgehead atoms. The molecule has 96 valence electrons. The molecule has 0 aliphatic carbocycles. The maximum absolute atomic E-state index is 15.5. The van der Waals surface area contributed by atoms with Gasteiger partial charge in [0.25, 0.3) is 0 Å². The highest BCUT2D eigenvalue weighted by atomic mass is 31.2. The van der Waals surface area contributed by atoms with Crippen LogP contribution in [-0.4, -0.2) is 13.4 Å². The van der Waals surface area contributed by atoms with Crippen molar-refractivity contribution in [3.63, 3.8) is 0 Å². The smallest absolute Gasteiger partial charge is 0.174 e. The van der Waals surface area contributed by atoms with Gasteiger partial charge < -0.3 is 4.41 Å². The predicted molar refractivity (Wildman–Crippen MR) is 79.6 cm³/mol. The molecule has 0 amide bonds. The van der Waals surface area contributed by atoms with Crippen molar-refractivity contribution in [1.29, 1.82) is 0 Å². The molecular formula is C13H23FNPSi. The van der Waals surface area contributed by atoms with E-state index in [-0.39, 0.29) is 0 Å². The number of rotatable bonds is 2. The fourth-order valence-corrected chi connectivity index (χ4v) is 7.94. The minimum absolute atomic E-state index is 0.422. The fourth-order valence-electron chi connectivity index (χ4n) is 1.63. The Bertz CT molecular complexity index is 429. The molecule has 4 heteroatoms. The van der Waals surface area contributed by atoms with E-state index in [1.165, 1.54) is 0 Å². The maximum atomic E-state index is 15.5. The summed E-state index contributed by atoms with van der Waals surface area (Å²) in [7, 11) is -4.73. The van der Waals surface area contributed by atoms with Crippen molar-refractivity contribution in [2.24, 2.45) is 4.41 Å². The van der Waals surface area contributed by atoms with Crippen LogP contribution in [0.1, 0.15) is 20.8 Å². The maximum Gasteiger partial charge on any atom is 0.174 e. The van der Waals surface area contributed by atoms with Crippen LogP contribution in [-0.2, 0) is 0 Å². The molecule has 1 unspecified atom stereocenters. The molecule has 0 fully saturated rings. The Morgan fingerprint density at radius 1 is 1.06 bits per heavy atom. The van der Waals surface area contributed by atoms with Crippen LogP contribution in [0.25, 0.3) is 0 Å². The van der Waals surface area contributed by atoms with Gasteiger partial charge in [0.1, 0.15) is 0 Å². The monoisotopic (exact) mass is 271 g/mol. The van der Waals surface area contributed by atoms with Crippen molar-refractivity contribution in [3.8, 4) is 0 Å². The van der Waals surface area contributed by atoms with Gasteiger partial charge in [0, 0.05) is 10.5 Å². The van der Waals surface area contributed by atoms with Gasteiger partial charge in [0.05, 0.1) is 0 Å². The van der Waals surface area contributed by atoms with Gasteiger partial charge in [-0.05, 0) is 19.6 Å². The Hall–Kier alpha value is -0.403. The SMILES string of the molecule is CC(C)(C)P(F)(=N[Si](C)(C)C)c1ccccc1. The Morgan fingerprint density at radius 3 is 1.88 bits per heavy atom. The summed E-state index contributed by atoms with van der Waals surface area (Å²) in [4.78, 5) is 0. The van der Waals surface area contributed by atoms with Gasteiger partial charge in [-0.25, -0.2) is 4.20 Å². The van der Waals surface area contributed by atoms with Crippen molar-refractivity contribution in [2.75, 3.05) is 0 Å². The zero-order chi connectivity index (χ0) is 13.3. The largest absolute Gasteiger partial charge is 0.307 e. The highest BCUT2D eigenvalue weighted by Crippen LogP contribution is 2.62. The first-order valence-corrected chi connectivity index (χ1v) is 11.0. The Kier molecular flexibility index (Phi) is 4.05. The lowest BCUT2D eigenvalue weighted by molar-refractivity contribution is 0.715. The summed E-state index contributed by atoms with van der Waals surface area (Å²) in [5.41, 5.74) is 0. The van der Waals surface area contributed by atoms with Crippen LogP contribution in [0.15, 0.2) is 34.7 Å². The molecule has 1 aromatic rings. The number of nitrogens with zero attached hydrogens (tertiary/aromatic N) is 1. The quantitative estimate of drug-likeness (QED) is 0.528. The van der Waals surface area contributed by atoms with E-state index in [0.29, 0.717) is 0 Å². The summed E-state index contributed by atoms with van der Waals surface area (Å²) in [6.45, 7) is 12.1. The molecule has 0 heterocycles. The predicted octanol–water partition coefficient (Wildman–Crippen LogP) is 5.03. The van der Waals surface area contributed by atoms with Crippen LogP contribution in [0.5, 0.6) is 0 Å². The van der Waals surface area contributed by atoms with Gasteiger partial charge in [-0.3, -0.25) is 0 Å². The summed E-state index contributed by atoms with van der Waals surface area (Å²) < 4.78 is 20.2. The molecule has 1 rings (SSSR count). The van der Waals surface area contributed by atoms with Crippen LogP contribution in [0.2, 0.25) is 19.6 Å². The van der Waals surface area contributed by atoms with E-state index in [0.717, 1.165) is 5.30 Å². The average molecular weight is 271 g/mol. The van der Waals surface area contributed by atoms with E-state index >= 15 is 4.20 Å². The molecule has 0 spiro atoms. The fraction of sp³-hybridized carbons (Fsp3) is 0.538. The number of halogens is 1. The average Bonchev–Trinajstić information content (AvgIpc) is 2.14. The second kappa shape index (κ2) is 4.70. The molecule has 0 aliphatic heterocycles. The second-order valence-corrected chi connectivity index (χ2v) is 14.4. The lowest BCUT2D eigenvalue weighted by Gasteiger charge is -2.32. The topological polar surface area (TPSA) is 12.4 Å². The van der Waals surface area contributed by atoms with Crippen LogP contribution in [0.4, 0.5) is 4.20 Å². The van der Waals surface area contributed by atoms with Crippen molar-refractivity contribution in [3.05, 3.63) is 30.3 Å². The van der Waals surface area contributed by atoms with Gasteiger partial charge in [0.2, 0.25) is 0 Å². The van der Waals surface area contributed by atoms with Gasteiger partial charge >= 0.3 is 0 Å². The van der Waals surface area contributed by atoms with E-state index in [2.05, 4.69) is 24.1 Å². The Morgan fingerprint density at radius 2 is 1.53 bits per heavy atom. The summed E-state index contributed by atoms with van der Waals surface area (Å²) in [5, 5.41) is 0.351. The summed E-state index contributed by atoms with van der Waals surface area (Å²) in [6, 6.07) is 9.47. The van der Waals surface area contributed by atoms with E-state index in [1.54, 1.807) is 0 Å². The van der Waals surface area contributed by atoms with E-state index in [9.17, 15) is 0 Å². The number of hydrogen-bond donors (Lipinski definition) is 0. The molecule has 0 aromatic heterocycles. The molecule has 17 heavy (non-hydrogen) atoms. The first-order valence-electron chi connectivity index (χ1n) is 5.95. The van der Waals surface area contributed by atoms with Crippen LogP contribution < -0.4 is 5.30 Å². The lowest BCUT2D eigenvalue weighted by Crippen LogP contribution is -2.25. The first-order chi connectivity index (χ1) is 7.56. The van der Waals surface area contributed by atoms with Crippen molar-refractivity contribution < 1.29 is 4.20 Å². The summed E-state index contributed by atoms with van der Waals surface area (Å²) >= 11 is 0. The third kappa shape index (κ3) is 3.53. The summed E-state index contributed by atoms with van der Waals surface area (Å²) in [6.07, 6.45) is 0. The highest BCUT2D eigenvalue weighted by molar-refractivity contribution is 7.71. The molecule has 1 aromatic carbocycles.